The van der Waals surface area contributed by atoms with Crippen molar-refractivity contribution in [3.8, 4) is 0 Å². The van der Waals surface area contributed by atoms with Crippen molar-refractivity contribution in [1.82, 2.24) is 10.2 Å². The van der Waals surface area contributed by atoms with Crippen molar-refractivity contribution >= 4 is 0 Å². The molecule has 2 rings (SSSR count). The van der Waals surface area contributed by atoms with E-state index in [1.165, 1.54) is 58.0 Å². The molecule has 1 saturated heterocycles. The standard InChI is InChI=1S/C16H32N2/c1-4-15-5-7-16(8-6-15)18-11-9-13(2)17-14(3)10-12-18/h13-17H,4-12H2,1-3H3. The second-order valence-electron chi connectivity index (χ2n) is 6.66. The van der Waals surface area contributed by atoms with Crippen LogP contribution in [0.2, 0.25) is 0 Å². The van der Waals surface area contributed by atoms with Crippen LogP contribution in [0, 0.1) is 5.92 Å². The third-order valence-electron chi connectivity index (χ3n) is 5.18. The van der Waals surface area contributed by atoms with Gasteiger partial charge in [0.1, 0.15) is 0 Å². The normalized spacial score (nSPS) is 40.2. The quantitative estimate of drug-likeness (QED) is 0.810. The summed E-state index contributed by atoms with van der Waals surface area (Å²) in [5.74, 6) is 1.02. The maximum atomic E-state index is 3.69. The zero-order valence-corrected chi connectivity index (χ0v) is 12.6. The highest BCUT2D eigenvalue weighted by Gasteiger charge is 2.26. The summed E-state index contributed by atoms with van der Waals surface area (Å²) >= 11 is 0. The smallest absolute Gasteiger partial charge is 0.00954 e. The average molecular weight is 252 g/mol. The Kier molecular flexibility index (Phi) is 5.50. The highest BCUT2D eigenvalue weighted by molar-refractivity contribution is 4.83. The summed E-state index contributed by atoms with van der Waals surface area (Å²) in [6.07, 6.45) is 9.88. The SMILES string of the molecule is CCC1CCC(N2CCC(C)NC(C)CC2)CC1. The van der Waals surface area contributed by atoms with E-state index in [1.54, 1.807) is 0 Å². The van der Waals surface area contributed by atoms with Crippen molar-refractivity contribution in [2.75, 3.05) is 13.1 Å². The first-order chi connectivity index (χ1) is 8.69. The van der Waals surface area contributed by atoms with Crippen LogP contribution in [-0.4, -0.2) is 36.1 Å². The Morgan fingerprint density at radius 3 is 1.94 bits per heavy atom. The lowest BCUT2D eigenvalue weighted by Gasteiger charge is -2.39. The van der Waals surface area contributed by atoms with Crippen molar-refractivity contribution in [1.29, 1.82) is 0 Å². The molecule has 2 fully saturated rings. The number of hydrogen-bond donors (Lipinski definition) is 1. The van der Waals surface area contributed by atoms with Crippen LogP contribution in [0.25, 0.3) is 0 Å². The maximum absolute atomic E-state index is 3.69. The van der Waals surface area contributed by atoms with Gasteiger partial charge in [-0.2, -0.15) is 0 Å². The second-order valence-corrected chi connectivity index (χ2v) is 6.66. The number of hydrogen-bond acceptors (Lipinski definition) is 2. The van der Waals surface area contributed by atoms with Gasteiger partial charge in [-0.1, -0.05) is 13.3 Å². The van der Waals surface area contributed by atoms with Crippen LogP contribution in [0.15, 0.2) is 0 Å². The molecule has 106 valence electrons. The third kappa shape index (κ3) is 3.96. The minimum atomic E-state index is 0.690. The lowest BCUT2D eigenvalue weighted by Crippen LogP contribution is -2.47. The Morgan fingerprint density at radius 2 is 1.44 bits per heavy atom. The molecule has 0 aromatic carbocycles. The largest absolute Gasteiger partial charge is 0.312 e. The molecule has 2 heteroatoms. The van der Waals surface area contributed by atoms with E-state index in [2.05, 4.69) is 31.0 Å². The van der Waals surface area contributed by atoms with Gasteiger partial charge in [0.2, 0.25) is 0 Å². The Hall–Kier alpha value is -0.0800. The molecule has 1 aliphatic carbocycles. The number of nitrogens with zero attached hydrogens (tertiary/aromatic N) is 1. The van der Waals surface area contributed by atoms with Gasteiger partial charge in [0.25, 0.3) is 0 Å². The first-order valence-electron chi connectivity index (χ1n) is 8.19. The van der Waals surface area contributed by atoms with Gasteiger partial charge in [-0.3, -0.25) is 0 Å². The molecule has 2 atom stereocenters. The highest BCUT2D eigenvalue weighted by atomic mass is 15.2. The van der Waals surface area contributed by atoms with Crippen molar-refractivity contribution in [2.45, 2.75) is 83.8 Å². The summed E-state index contributed by atoms with van der Waals surface area (Å²) in [7, 11) is 0. The topological polar surface area (TPSA) is 15.3 Å². The van der Waals surface area contributed by atoms with Crippen LogP contribution in [0.1, 0.15) is 65.7 Å². The minimum Gasteiger partial charge on any atom is -0.312 e. The molecule has 0 spiro atoms. The molecule has 18 heavy (non-hydrogen) atoms. The Labute approximate surface area is 114 Å². The van der Waals surface area contributed by atoms with Gasteiger partial charge < -0.3 is 10.2 Å². The van der Waals surface area contributed by atoms with E-state index >= 15 is 0 Å². The summed E-state index contributed by atoms with van der Waals surface area (Å²) < 4.78 is 0. The van der Waals surface area contributed by atoms with E-state index in [9.17, 15) is 0 Å². The third-order valence-corrected chi connectivity index (χ3v) is 5.18. The van der Waals surface area contributed by atoms with E-state index in [0.29, 0.717) is 12.1 Å². The van der Waals surface area contributed by atoms with E-state index in [0.717, 1.165) is 12.0 Å². The summed E-state index contributed by atoms with van der Waals surface area (Å²) in [6, 6.07) is 2.27. The van der Waals surface area contributed by atoms with Crippen LogP contribution in [0.3, 0.4) is 0 Å². The Balaban J connectivity index is 1.83. The van der Waals surface area contributed by atoms with Gasteiger partial charge in [-0.05, 0) is 71.4 Å². The molecule has 2 nitrogen and oxygen atoms in total. The van der Waals surface area contributed by atoms with Crippen molar-refractivity contribution in [3.05, 3.63) is 0 Å². The number of nitrogens with one attached hydrogen (secondary N) is 1. The van der Waals surface area contributed by atoms with Gasteiger partial charge in [0.15, 0.2) is 0 Å². The number of rotatable bonds is 2. The average Bonchev–Trinajstić information content (AvgIpc) is 2.37. The summed E-state index contributed by atoms with van der Waals surface area (Å²) in [4.78, 5) is 2.81. The lowest BCUT2D eigenvalue weighted by atomic mass is 9.83. The van der Waals surface area contributed by atoms with Gasteiger partial charge in [-0.15, -0.1) is 0 Å². The van der Waals surface area contributed by atoms with Crippen molar-refractivity contribution in [3.63, 3.8) is 0 Å². The zero-order chi connectivity index (χ0) is 13.0. The summed E-state index contributed by atoms with van der Waals surface area (Å²) in [5.41, 5.74) is 0. The summed E-state index contributed by atoms with van der Waals surface area (Å²) in [5, 5.41) is 3.69. The monoisotopic (exact) mass is 252 g/mol. The van der Waals surface area contributed by atoms with Gasteiger partial charge in [-0.25, -0.2) is 0 Å². The predicted molar refractivity (Wildman–Crippen MR) is 78.9 cm³/mol. The molecule has 0 bridgehead atoms. The lowest BCUT2D eigenvalue weighted by molar-refractivity contribution is 0.115. The van der Waals surface area contributed by atoms with Crippen molar-refractivity contribution < 1.29 is 0 Å². The molecular weight excluding hydrogens is 220 g/mol. The van der Waals surface area contributed by atoms with Gasteiger partial charge >= 0.3 is 0 Å². The molecule has 1 N–H and O–H groups in total. The minimum absolute atomic E-state index is 0.690. The zero-order valence-electron chi connectivity index (χ0n) is 12.6. The van der Waals surface area contributed by atoms with Crippen LogP contribution in [0.5, 0.6) is 0 Å². The molecule has 1 heterocycles. The molecule has 1 aliphatic heterocycles. The molecule has 0 aromatic heterocycles. The second kappa shape index (κ2) is 6.91. The van der Waals surface area contributed by atoms with Crippen molar-refractivity contribution in [2.24, 2.45) is 5.92 Å². The van der Waals surface area contributed by atoms with E-state index in [-0.39, 0.29) is 0 Å². The molecule has 0 radical (unpaired) electrons. The van der Waals surface area contributed by atoms with Crippen LogP contribution >= 0.6 is 0 Å². The first-order valence-corrected chi connectivity index (χ1v) is 8.19. The van der Waals surface area contributed by atoms with E-state index in [1.807, 2.05) is 0 Å². The predicted octanol–water partition coefficient (Wildman–Crippen LogP) is 3.42. The molecule has 0 aromatic rings. The van der Waals surface area contributed by atoms with E-state index < -0.39 is 0 Å². The fraction of sp³-hybridized carbons (Fsp3) is 1.00. The Morgan fingerprint density at radius 1 is 0.889 bits per heavy atom. The maximum Gasteiger partial charge on any atom is 0.00954 e. The van der Waals surface area contributed by atoms with Crippen LogP contribution < -0.4 is 5.32 Å². The van der Waals surface area contributed by atoms with Crippen LogP contribution in [0.4, 0.5) is 0 Å². The fourth-order valence-corrected chi connectivity index (χ4v) is 3.77. The Bertz CT molecular complexity index is 221. The molecule has 2 unspecified atom stereocenters. The molecule has 0 amide bonds. The summed E-state index contributed by atoms with van der Waals surface area (Å²) in [6.45, 7) is 9.66. The van der Waals surface area contributed by atoms with Crippen LogP contribution in [-0.2, 0) is 0 Å². The highest BCUT2D eigenvalue weighted by Crippen LogP contribution is 2.30. The van der Waals surface area contributed by atoms with Gasteiger partial charge in [0.05, 0.1) is 0 Å². The van der Waals surface area contributed by atoms with Gasteiger partial charge in [0, 0.05) is 18.1 Å². The van der Waals surface area contributed by atoms with E-state index in [4.69, 9.17) is 0 Å². The molecule has 2 aliphatic rings. The molecular formula is C16H32N2. The molecule has 1 saturated carbocycles. The fourth-order valence-electron chi connectivity index (χ4n) is 3.77. The first kappa shape index (κ1) is 14.3.